The number of aliphatic hydroxyl groups is 1. The fourth-order valence-electron chi connectivity index (χ4n) is 1.37. The van der Waals surface area contributed by atoms with Gasteiger partial charge in [-0.15, -0.1) is 0 Å². The Hall–Kier alpha value is -0.830. The van der Waals surface area contributed by atoms with Gasteiger partial charge in [-0.05, 0) is 18.8 Å². The highest BCUT2D eigenvalue weighted by Crippen LogP contribution is 2.33. The van der Waals surface area contributed by atoms with E-state index in [9.17, 15) is 5.11 Å². The van der Waals surface area contributed by atoms with Gasteiger partial charge >= 0.3 is 0 Å². The van der Waals surface area contributed by atoms with E-state index < -0.39 is 5.60 Å². The standard InChI is InChI=1S/C12H22N2O/c1-11(2,3)12(4,15)7-6-10-13-8-9-14(10)5/h8-9,15H,6-7H2,1-5H3. The lowest BCUT2D eigenvalue weighted by Gasteiger charge is -2.37. The predicted molar refractivity (Wildman–Crippen MR) is 61.6 cm³/mol. The van der Waals surface area contributed by atoms with Crippen LogP contribution >= 0.6 is 0 Å². The van der Waals surface area contributed by atoms with Crippen LogP contribution in [0.2, 0.25) is 0 Å². The maximum atomic E-state index is 10.3. The number of hydrogen-bond acceptors (Lipinski definition) is 2. The van der Waals surface area contributed by atoms with Crippen molar-refractivity contribution in [2.45, 2.75) is 46.1 Å². The Labute approximate surface area is 92.1 Å². The van der Waals surface area contributed by atoms with Crippen molar-refractivity contribution in [3.8, 4) is 0 Å². The van der Waals surface area contributed by atoms with Crippen LogP contribution in [0.15, 0.2) is 12.4 Å². The van der Waals surface area contributed by atoms with Crippen molar-refractivity contribution in [3.63, 3.8) is 0 Å². The van der Waals surface area contributed by atoms with Gasteiger partial charge in [-0.1, -0.05) is 20.8 Å². The zero-order chi connectivity index (χ0) is 11.7. The molecule has 1 aromatic rings. The highest BCUT2D eigenvalue weighted by molar-refractivity contribution is 4.95. The van der Waals surface area contributed by atoms with Crippen LogP contribution in [0.3, 0.4) is 0 Å². The fourth-order valence-corrected chi connectivity index (χ4v) is 1.37. The van der Waals surface area contributed by atoms with Crippen LogP contribution in [0.25, 0.3) is 0 Å². The molecule has 0 aromatic carbocycles. The van der Waals surface area contributed by atoms with Gasteiger partial charge in [0.25, 0.3) is 0 Å². The van der Waals surface area contributed by atoms with E-state index in [1.54, 1.807) is 6.20 Å². The van der Waals surface area contributed by atoms with Crippen LogP contribution in [0.5, 0.6) is 0 Å². The summed E-state index contributed by atoms with van der Waals surface area (Å²) in [4.78, 5) is 4.25. The van der Waals surface area contributed by atoms with Crippen molar-refractivity contribution in [2.75, 3.05) is 0 Å². The molecular weight excluding hydrogens is 188 g/mol. The summed E-state index contributed by atoms with van der Waals surface area (Å²) in [6, 6.07) is 0. The summed E-state index contributed by atoms with van der Waals surface area (Å²) in [6.45, 7) is 8.08. The number of imidazole rings is 1. The van der Waals surface area contributed by atoms with Gasteiger partial charge in [0.1, 0.15) is 5.82 Å². The minimum Gasteiger partial charge on any atom is -0.390 e. The summed E-state index contributed by atoms with van der Waals surface area (Å²) in [5, 5.41) is 10.3. The third-order valence-electron chi connectivity index (χ3n) is 3.37. The van der Waals surface area contributed by atoms with Gasteiger partial charge in [0.05, 0.1) is 5.60 Å². The van der Waals surface area contributed by atoms with Crippen LogP contribution < -0.4 is 0 Å². The number of rotatable bonds is 3. The second-order valence-electron chi connectivity index (χ2n) is 5.48. The normalized spacial score (nSPS) is 16.4. The highest BCUT2D eigenvalue weighted by atomic mass is 16.3. The first-order valence-corrected chi connectivity index (χ1v) is 5.42. The molecule has 0 radical (unpaired) electrons. The van der Waals surface area contributed by atoms with E-state index in [2.05, 4.69) is 25.8 Å². The maximum Gasteiger partial charge on any atom is 0.108 e. The minimum atomic E-state index is -0.654. The van der Waals surface area contributed by atoms with Gasteiger partial charge in [-0.2, -0.15) is 0 Å². The summed E-state index contributed by atoms with van der Waals surface area (Å²) in [5.41, 5.74) is -0.753. The molecule has 0 saturated carbocycles. The molecule has 15 heavy (non-hydrogen) atoms. The molecule has 1 unspecified atom stereocenters. The minimum absolute atomic E-state index is 0.0990. The molecule has 0 saturated heterocycles. The van der Waals surface area contributed by atoms with E-state index in [-0.39, 0.29) is 5.41 Å². The van der Waals surface area contributed by atoms with E-state index in [0.717, 1.165) is 18.7 Å². The Morgan fingerprint density at radius 2 is 1.93 bits per heavy atom. The molecule has 86 valence electrons. The van der Waals surface area contributed by atoms with Crippen LogP contribution in [0.1, 0.15) is 39.9 Å². The summed E-state index contributed by atoms with van der Waals surface area (Å²) in [6.07, 6.45) is 5.28. The maximum absolute atomic E-state index is 10.3. The van der Waals surface area contributed by atoms with Crippen LogP contribution in [-0.2, 0) is 13.5 Å². The summed E-state index contributed by atoms with van der Waals surface area (Å²) in [7, 11) is 1.98. The van der Waals surface area contributed by atoms with Gasteiger partial charge in [0.2, 0.25) is 0 Å². The van der Waals surface area contributed by atoms with Crippen LogP contribution in [-0.4, -0.2) is 20.3 Å². The lowest BCUT2D eigenvalue weighted by atomic mass is 9.75. The van der Waals surface area contributed by atoms with E-state index in [1.807, 2.05) is 24.7 Å². The first-order valence-electron chi connectivity index (χ1n) is 5.42. The molecule has 1 atom stereocenters. The molecule has 0 amide bonds. The van der Waals surface area contributed by atoms with E-state index in [1.165, 1.54) is 0 Å². The monoisotopic (exact) mass is 210 g/mol. The second-order valence-corrected chi connectivity index (χ2v) is 5.48. The van der Waals surface area contributed by atoms with E-state index in [0.29, 0.717) is 0 Å². The van der Waals surface area contributed by atoms with Gasteiger partial charge in [0.15, 0.2) is 0 Å². The van der Waals surface area contributed by atoms with E-state index >= 15 is 0 Å². The summed E-state index contributed by atoms with van der Waals surface area (Å²) in [5.74, 6) is 1.03. The topological polar surface area (TPSA) is 38.0 Å². The van der Waals surface area contributed by atoms with Crippen molar-refractivity contribution in [3.05, 3.63) is 18.2 Å². The van der Waals surface area contributed by atoms with Crippen molar-refractivity contribution in [1.82, 2.24) is 9.55 Å². The SMILES string of the molecule is Cn1ccnc1CCC(C)(O)C(C)(C)C. The highest BCUT2D eigenvalue weighted by Gasteiger charge is 2.34. The number of aromatic nitrogens is 2. The Morgan fingerprint density at radius 1 is 1.33 bits per heavy atom. The van der Waals surface area contributed by atoms with Gasteiger partial charge in [-0.3, -0.25) is 0 Å². The van der Waals surface area contributed by atoms with Gasteiger partial charge < -0.3 is 9.67 Å². The molecular formula is C12H22N2O. The Bertz CT molecular complexity index is 321. The van der Waals surface area contributed by atoms with Crippen molar-refractivity contribution in [2.24, 2.45) is 12.5 Å². The second kappa shape index (κ2) is 3.97. The molecule has 1 N–H and O–H groups in total. The number of hydrogen-bond donors (Lipinski definition) is 1. The van der Waals surface area contributed by atoms with Crippen molar-refractivity contribution in [1.29, 1.82) is 0 Å². The number of aryl methyl sites for hydroxylation is 2. The predicted octanol–water partition coefficient (Wildman–Crippen LogP) is 2.15. The smallest absolute Gasteiger partial charge is 0.108 e. The Balaban J connectivity index is 2.61. The zero-order valence-electron chi connectivity index (χ0n) is 10.4. The third-order valence-corrected chi connectivity index (χ3v) is 3.37. The van der Waals surface area contributed by atoms with E-state index in [4.69, 9.17) is 0 Å². The molecule has 0 aliphatic rings. The molecule has 0 aliphatic carbocycles. The van der Waals surface area contributed by atoms with Crippen LogP contribution in [0, 0.1) is 5.41 Å². The van der Waals surface area contributed by atoms with Crippen molar-refractivity contribution < 1.29 is 5.11 Å². The molecule has 1 rings (SSSR count). The first kappa shape index (κ1) is 12.2. The average Bonchev–Trinajstić information content (AvgIpc) is 2.46. The molecule has 0 fully saturated rings. The van der Waals surface area contributed by atoms with Crippen molar-refractivity contribution >= 4 is 0 Å². The Morgan fingerprint density at radius 3 is 2.33 bits per heavy atom. The Kier molecular flexibility index (Phi) is 3.24. The summed E-state index contributed by atoms with van der Waals surface area (Å²) >= 11 is 0. The molecule has 0 bridgehead atoms. The van der Waals surface area contributed by atoms with Gasteiger partial charge in [-0.25, -0.2) is 4.98 Å². The number of nitrogens with zero attached hydrogens (tertiary/aromatic N) is 2. The van der Waals surface area contributed by atoms with Crippen LogP contribution in [0.4, 0.5) is 0 Å². The average molecular weight is 210 g/mol. The first-order chi connectivity index (χ1) is 6.74. The fraction of sp³-hybridized carbons (Fsp3) is 0.750. The molecule has 3 nitrogen and oxygen atoms in total. The zero-order valence-corrected chi connectivity index (χ0v) is 10.4. The largest absolute Gasteiger partial charge is 0.390 e. The van der Waals surface area contributed by atoms with Gasteiger partial charge in [0, 0.05) is 25.9 Å². The lowest BCUT2D eigenvalue weighted by Crippen LogP contribution is -2.40. The summed E-state index contributed by atoms with van der Waals surface area (Å²) < 4.78 is 2.00. The molecule has 0 spiro atoms. The third kappa shape index (κ3) is 2.81. The quantitative estimate of drug-likeness (QED) is 0.830. The molecule has 1 heterocycles. The lowest BCUT2D eigenvalue weighted by molar-refractivity contribution is -0.0480. The molecule has 0 aliphatic heterocycles. The molecule has 3 heteroatoms. The molecule has 1 aromatic heterocycles.